The number of benzene rings is 1. The van der Waals surface area contributed by atoms with Crippen molar-refractivity contribution in [3.8, 4) is 22.6 Å². The zero-order chi connectivity index (χ0) is 21.4. The average molecular weight is 409 g/mol. The second-order valence-electron chi connectivity index (χ2n) is 8.00. The monoisotopic (exact) mass is 409 g/mol. The summed E-state index contributed by atoms with van der Waals surface area (Å²) in [5, 5.41) is 0.900. The molecule has 0 atom stereocenters. The van der Waals surface area contributed by atoms with E-state index in [0.29, 0.717) is 17.1 Å². The molecule has 1 aromatic carbocycles. The number of fused-ring (bicyclic) bond motifs is 1. The molecule has 5 rings (SSSR count). The first-order valence-electron chi connectivity index (χ1n) is 10.5. The Kier molecular flexibility index (Phi) is 4.90. The van der Waals surface area contributed by atoms with Gasteiger partial charge in [-0.15, -0.1) is 0 Å². The first-order chi connectivity index (χ1) is 15.1. The summed E-state index contributed by atoms with van der Waals surface area (Å²) in [5.74, 6) is 0.681. The van der Waals surface area contributed by atoms with Gasteiger partial charge in [0.05, 0.1) is 16.8 Å². The molecule has 3 aromatic heterocycles. The van der Waals surface area contributed by atoms with E-state index in [9.17, 15) is 4.79 Å². The van der Waals surface area contributed by atoms with Gasteiger partial charge in [0.25, 0.3) is 5.91 Å². The number of hydrogen-bond donors (Lipinski definition) is 0. The summed E-state index contributed by atoms with van der Waals surface area (Å²) in [6, 6.07) is 9.75. The van der Waals surface area contributed by atoms with Crippen molar-refractivity contribution in [1.29, 1.82) is 0 Å². The van der Waals surface area contributed by atoms with Crippen LogP contribution in [0.25, 0.3) is 33.5 Å². The van der Waals surface area contributed by atoms with Crippen LogP contribution < -0.4 is 0 Å². The molecule has 0 aliphatic carbocycles. The molecular formula is C25H23N5O. The zero-order valence-corrected chi connectivity index (χ0v) is 17.7. The summed E-state index contributed by atoms with van der Waals surface area (Å²) in [7, 11) is 0. The number of aromatic nitrogens is 4. The SMILES string of the molecule is Cc1ccc2c(C(=O)N3CCCC3)cc(-c3cnc(-c4cccnc4)nc3)nc2c1C. The van der Waals surface area contributed by atoms with Gasteiger partial charge in [-0.2, -0.15) is 0 Å². The minimum absolute atomic E-state index is 0.0716. The Morgan fingerprint density at radius 1 is 0.968 bits per heavy atom. The Labute approximate surface area is 181 Å². The van der Waals surface area contributed by atoms with Crippen molar-refractivity contribution < 1.29 is 4.79 Å². The highest BCUT2D eigenvalue weighted by atomic mass is 16.2. The van der Waals surface area contributed by atoms with E-state index in [1.165, 1.54) is 0 Å². The number of likely N-dealkylation sites (tertiary alicyclic amines) is 1. The molecular weight excluding hydrogens is 386 g/mol. The maximum absolute atomic E-state index is 13.3. The van der Waals surface area contributed by atoms with Crippen molar-refractivity contribution in [1.82, 2.24) is 24.8 Å². The van der Waals surface area contributed by atoms with E-state index in [4.69, 9.17) is 4.98 Å². The molecule has 31 heavy (non-hydrogen) atoms. The smallest absolute Gasteiger partial charge is 0.254 e. The number of pyridine rings is 2. The summed E-state index contributed by atoms with van der Waals surface area (Å²) in [4.78, 5) is 33.3. The van der Waals surface area contributed by atoms with Gasteiger partial charge in [0, 0.05) is 54.4 Å². The average Bonchev–Trinajstić information content (AvgIpc) is 3.36. The predicted molar refractivity (Wildman–Crippen MR) is 121 cm³/mol. The van der Waals surface area contributed by atoms with Gasteiger partial charge in [-0.3, -0.25) is 9.78 Å². The van der Waals surface area contributed by atoms with E-state index in [0.717, 1.165) is 59.1 Å². The van der Waals surface area contributed by atoms with Gasteiger partial charge < -0.3 is 4.90 Å². The molecule has 0 radical (unpaired) electrons. The van der Waals surface area contributed by atoms with Crippen molar-refractivity contribution >= 4 is 16.8 Å². The van der Waals surface area contributed by atoms with Crippen LogP contribution in [0.2, 0.25) is 0 Å². The van der Waals surface area contributed by atoms with Gasteiger partial charge >= 0.3 is 0 Å². The molecule has 1 aliphatic rings. The fourth-order valence-corrected chi connectivity index (χ4v) is 4.05. The largest absolute Gasteiger partial charge is 0.339 e. The summed E-state index contributed by atoms with van der Waals surface area (Å²) in [6.07, 6.45) is 9.10. The summed E-state index contributed by atoms with van der Waals surface area (Å²) in [5.41, 5.74) is 6.14. The lowest BCUT2D eigenvalue weighted by Gasteiger charge is -2.18. The molecule has 0 unspecified atom stereocenters. The van der Waals surface area contributed by atoms with Crippen molar-refractivity contribution in [2.45, 2.75) is 26.7 Å². The number of nitrogens with zero attached hydrogens (tertiary/aromatic N) is 5. The molecule has 0 saturated carbocycles. The number of carbonyl (C=O) groups is 1. The second kappa shape index (κ2) is 7.87. The van der Waals surface area contributed by atoms with E-state index in [-0.39, 0.29) is 5.91 Å². The highest BCUT2D eigenvalue weighted by Crippen LogP contribution is 2.29. The minimum atomic E-state index is 0.0716. The molecule has 0 spiro atoms. The fraction of sp³-hybridized carbons (Fsp3) is 0.240. The van der Waals surface area contributed by atoms with Gasteiger partial charge in [-0.1, -0.05) is 12.1 Å². The topological polar surface area (TPSA) is 71.9 Å². The number of carbonyl (C=O) groups excluding carboxylic acids is 1. The van der Waals surface area contributed by atoms with Crippen LogP contribution in [-0.4, -0.2) is 43.8 Å². The lowest BCUT2D eigenvalue weighted by Crippen LogP contribution is -2.28. The van der Waals surface area contributed by atoms with Crippen LogP contribution in [0, 0.1) is 13.8 Å². The lowest BCUT2D eigenvalue weighted by atomic mass is 9.99. The van der Waals surface area contributed by atoms with Gasteiger partial charge in [0.1, 0.15) is 0 Å². The Morgan fingerprint density at radius 2 is 1.74 bits per heavy atom. The molecule has 1 fully saturated rings. The van der Waals surface area contributed by atoms with Crippen LogP contribution in [0.4, 0.5) is 0 Å². The van der Waals surface area contributed by atoms with E-state index in [1.54, 1.807) is 24.8 Å². The molecule has 1 aliphatic heterocycles. The standard InChI is InChI=1S/C25H23N5O/c1-16-7-8-20-21(25(31)30-10-3-4-11-30)12-22(29-23(20)17(16)2)19-14-27-24(28-15-19)18-6-5-9-26-13-18/h5-9,12-15H,3-4,10-11H2,1-2H3. The van der Waals surface area contributed by atoms with Gasteiger partial charge in [0.15, 0.2) is 5.82 Å². The van der Waals surface area contributed by atoms with E-state index < -0.39 is 0 Å². The van der Waals surface area contributed by atoms with Crippen LogP contribution in [0.3, 0.4) is 0 Å². The third-order valence-electron chi connectivity index (χ3n) is 6.00. The molecule has 4 heterocycles. The maximum Gasteiger partial charge on any atom is 0.254 e. The zero-order valence-electron chi connectivity index (χ0n) is 17.7. The van der Waals surface area contributed by atoms with Crippen molar-refractivity contribution in [3.63, 3.8) is 0 Å². The van der Waals surface area contributed by atoms with E-state index >= 15 is 0 Å². The number of rotatable bonds is 3. The van der Waals surface area contributed by atoms with E-state index in [2.05, 4.69) is 34.9 Å². The Balaban J connectivity index is 1.63. The van der Waals surface area contributed by atoms with Crippen LogP contribution in [0.15, 0.2) is 55.1 Å². The highest BCUT2D eigenvalue weighted by molar-refractivity contribution is 6.08. The van der Waals surface area contributed by atoms with Gasteiger partial charge in [-0.25, -0.2) is 15.0 Å². The summed E-state index contributed by atoms with van der Waals surface area (Å²) < 4.78 is 0. The molecule has 4 aromatic rings. The first kappa shape index (κ1) is 19.3. The van der Waals surface area contributed by atoms with Crippen LogP contribution in [0.1, 0.15) is 34.3 Å². The lowest BCUT2D eigenvalue weighted by molar-refractivity contribution is 0.0794. The third kappa shape index (κ3) is 3.54. The third-order valence-corrected chi connectivity index (χ3v) is 6.00. The molecule has 1 amide bonds. The first-order valence-corrected chi connectivity index (χ1v) is 10.5. The van der Waals surface area contributed by atoms with Crippen LogP contribution in [0.5, 0.6) is 0 Å². The number of hydrogen-bond acceptors (Lipinski definition) is 5. The predicted octanol–water partition coefficient (Wildman–Crippen LogP) is 4.61. The minimum Gasteiger partial charge on any atom is -0.339 e. The summed E-state index contributed by atoms with van der Waals surface area (Å²) in [6.45, 7) is 5.74. The maximum atomic E-state index is 13.3. The van der Waals surface area contributed by atoms with Crippen molar-refractivity contribution in [3.05, 3.63) is 71.8 Å². The van der Waals surface area contributed by atoms with Gasteiger partial charge in [0.2, 0.25) is 0 Å². The summed E-state index contributed by atoms with van der Waals surface area (Å²) >= 11 is 0. The van der Waals surface area contributed by atoms with Crippen molar-refractivity contribution in [2.24, 2.45) is 0 Å². The highest BCUT2D eigenvalue weighted by Gasteiger charge is 2.23. The van der Waals surface area contributed by atoms with E-state index in [1.807, 2.05) is 29.2 Å². The molecule has 1 saturated heterocycles. The Morgan fingerprint density at radius 3 is 2.45 bits per heavy atom. The quantitative estimate of drug-likeness (QED) is 0.494. The normalized spacial score (nSPS) is 13.7. The number of amides is 1. The van der Waals surface area contributed by atoms with Gasteiger partial charge in [-0.05, 0) is 56.0 Å². The van der Waals surface area contributed by atoms with Crippen molar-refractivity contribution in [2.75, 3.05) is 13.1 Å². The molecule has 6 heteroatoms. The van der Waals surface area contributed by atoms with Crippen LogP contribution in [-0.2, 0) is 0 Å². The molecule has 6 nitrogen and oxygen atoms in total. The van der Waals surface area contributed by atoms with Crippen LogP contribution >= 0.6 is 0 Å². The fourth-order valence-electron chi connectivity index (χ4n) is 4.05. The molecule has 154 valence electrons. The number of aryl methyl sites for hydroxylation is 2. The second-order valence-corrected chi connectivity index (χ2v) is 8.00. The Bertz CT molecular complexity index is 1260. The molecule has 0 bridgehead atoms. The Hall–Kier alpha value is -3.67. The molecule has 0 N–H and O–H groups in total.